The topological polar surface area (TPSA) is 12.0 Å². The molecule has 0 bridgehead atoms. The molecule has 0 aromatic carbocycles. The SMILES string of the molecule is CCCNCC(C)=CC(C)(C)C. The molecule has 72 valence electrons. The molecule has 0 aromatic heterocycles. The van der Waals surface area contributed by atoms with Crippen molar-refractivity contribution in [1.82, 2.24) is 5.32 Å². The minimum Gasteiger partial charge on any atom is -0.313 e. The van der Waals surface area contributed by atoms with E-state index in [1.807, 2.05) is 0 Å². The molecule has 0 aliphatic heterocycles. The molecule has 0 aromatic rings. The number of nitrogens with one attached hydrogen (secondary N) is 1. The first-order valence-electron chi connectivity index (χ1n) is 4.85. The number of allylic oxidation sites excluding steroid dienone is 1. The zero-order valence-electron chi connectivity index (χ0n) is 9.20. The maximum atomic E-state index is 3.39. The molecule has 0 heterocycles. The predicted octanol–water partition coefficient (Wildman–Crippen LogP) is 2.98. The van der Waals surface area contributed by atoms with Crippen LogP contribution in [0.1, 0.15) is 41.0 Å². The summed E-state index contributed by atoms with van der Waals surface area (Å²) in [5.74, 6) is 0. The summed E-state index contributed by atoms with van der Waals surface area (Å²) in [7, 11) is 0. The van der Waals surface area contributed by atoms with Crippen LogP contribution < -0.4 is 5.32 Å². The third-order valence-electron chi connectivity index (χ3n) is 1.51. The van der Waals surface area contributed by atoms with Gasteiger partial charge in [0.15, 0.2) is 0 Å². The Morgan fingerprint density at radius 1 is 1.33 bits per heavy atom. The smallest absolute Gasteiger partial charge is 0.0162 e. The lowest BCUT2D eigenvalue weighted by Gasteiger charge is -2.14. The van der Waals surface area contributed by atoms with Crippen molar-refractivity contribution < 1.29 is 0 Å². The van der Waals surface area contributed by atoms with Gasteiger partial charge in [0, 0.05) is 6.54 Å². The van der Waals surface area contributed by atoms with E-state index in [9.17, 15) is 0 Å². The lowest BCUT2D eigenvalue weighted by molar-refractivity contribution is 0.536. The largest absolute Gasteiger partial charge is 0.313 e. The van der Waals surface area contributed by atoms with Gasteiger partial charge in [-0.2, -0.15) is 0 Å². The molecule has 0 saturated carbocycles. The summed E-state index contributed by atoms with van der Waals surface area (Å²) < 4.78 is 0. The Balaban J connectivity index is 3.71. The lowest BCUT2D eigenvalue weighted by Crippen LogP contribution is -2.17. The van der Waals surface area contributed by atoms with Gasteiger partial charge >= 0.3 is 0 Å². The van der Waals surface area contributed by atoms with E-state index in [0.717, 1.165) is 13.1 Å². The fourth-order valence-electron chi connectivity index (χ4n) is 1.25. The van der Waals surface area contributed by atoms with E-state index >= 15 is 0 Å². The molecule has 0 unspecified atom stereocenters. The standard InChI is InChI=1S/C11H23N/c1-6-7-12-9-10(2)8-11(3,4)5/h8,12H,6-7,9H2,1-5H3. The minimum absolute atomic E-state index is 0.317. The monoisotopic (exact) mass is 169 g/mol. The molecular formula is C11H23N. The summed E-state index contributed by atoms with van der Waals surface area (Å²) in [6, 6.07) is 0. The van der Waals surface area contributed by atoms with Gasteiger partial charge in [0.25, 0.3) is 0 Å². The van der Waals surface area contributed by atoms with Gasteiger partial charge in [0.05, 0.1) is 0 Å². The van der Waals surface area contributed by atoms with E-state index in [0.29, 0.717) is 5.41 Å². The Kier molecular flexibility index (Phi) is 5.23. The Bertz CT molecular complexity index is 140. The first-order valence-corrected chi connectivity index (χ1v) is 4.85. The molecule has 0 fully saturated rings. The Morgan fingerprint density at radius 3 is 2.33 bits per heavy atom. The Labute approximate surface area is 77.2 Å². The first-order chi connectivity index (χ1) is 5.45. The highest BCUT2D eigenvalue weighted by molar-refractivity contribution is 5.05. The Morgan fingerprint density at radius 2 is 1.92 bits per heavy atom. The van der Waals surface area contributed by atoms with Crippen LogP contribution in [-0.4, -0.2) is 13.1 Å². The van der Waals surface area contributed by atoms with Gasteiger partial charge in [0.1, 0.15) is 0 Å². The molecule has 0 rings (SSSR count). The van der Waals surface area contributed by atoms with Gasteiger partial charge in [-0.1, -0.05) is 39.3 Å². The zero-order valence-corrected chi connectivity index (χ0v) is 9.20. The van der Waals surface area contributed by atoms with Crippen LogP contribution >= 0.6 is 0 Å². The lowest BCUT2D eigenvalue weighted by atomic mass is 9.94. The second kappa shape index (κ2) is 5.36. The summed E-state index contributed by atoms with van der Waals surface area (Å²) in [6.07, 6.45) is 3.54. The van der Waals surface area contributed by atoms with E-state index in [-0.39, 0.29) is 0 Å². The van der Waals surface area contributed by atoms with Crippen LogP contribution in [0.3, 0.4) is 0 Å². The summed E-state index contributed by atoms with van der Waals surface area (Å²) in [5.41, 5.74) is 1.76. The fraction of sp³-hybridized carbons (Fsp3) is 0.818. The molecular weight excluding hydrogens is 146 g/mol. The molecule has 0 saturated heterocycles. The summed E-state index contributed by atoms with van der Waals surface area (Å²) in [6.45, 7) is 13.2. The van der Waals surface area contributed by atoms with Crippen molar-refractivity contribution in [1.29, 1.82) is 0 Å². The van der Waals surface area contributed by atoms with Crippen LogP contribution in [0.2, 0.25) is 0 Å². The van der Waals surface area contributed by atoms with Crippen LogP contribution in [0.25, 0.3) is 0 Å². The minimum atomic E-state index is 0.317. The normalized spacial score (nSPS) is 13.6. The van der Waals surface area contributed by atoms with Crippen LogP contribution in [0.4, 0.5) is 0 Å². The fourth-order valence-corrected chi connectivity index (χ4v) is 1.25. The van der Waals surface area contributed by atoms with E-state index in [1.54, 1.807) is 0 Å². The molecule has 0 aliphatic rings. The number of hydrogen-bond donors (Lipinski definition) is 1. The highest BCUT2D eigenvalue weighted by atomic mass is 14.8. The third kappa shape index (κ3) is 7.80. The van der Waals surface area contributed by atoms with Crippen LogP contribution in [0.5, 0.6) is 0 Å². The molecule has 12 heavy (non-hydrogen) atoms. The quantitative estimate of drug-likeness (QED) is 0.504. The second-order valence-corrected chi connectivity index (χ2v) is 4.53. The van der Waals surface area contributed by atoms with E-state index in [1.165, 1.54) is 12.0 Å². The first kappa shape index (κ1) is 11.7. The van der Waals surface area contributed by atoms with Crippen molar-refractivity contribution in [3.05, 3.63) is 11.6 Å². The summed E-state index contributed by atoms with van der Waals surface area (Å²) in [4.78, 5) is 0. The number of rotatable bonds is 4. The molecule has 1 N–H and O–H groups in total. The molecule has 1 nitrogen and oxygen atoms in total. The van der Waals surface area contributed by atoms with Crippen molar-refractivity contribution in [2.24, 2.45) is 5.41 Å². The van der Waals surface area contributed by atoms with Gasteiger partial charge in [-0.05, 0) is 25.3 Å². The molecule has 0 amide bonds. The van der Waals surface area contributed by atoms with Crippen molar-refractivity contribution in [2.45, 2.75) is 41.0 Å². The van der Waals surface area contributed by atoms with Gasteiger partial charge in [-0.15, -0.1) is 0 Å². The van der Waals surface area contributed by atoms with Crippen molar-refractivity contribution in [3.8, 4) is 0 Å². The van der Waals surface area contributed by atoms with E-state index in [2.05, 4.69) is 46.0 Å². The van der Waals surface area contributed by atoms with Crippen molar-refractivity contribution >= 4 is 0 Å². The molecule has 0 spiro atoms. The highest BCUT2D eigenvalue weighted by Gasteiger charge is 2.05. The molecule has 1 heteroatoms. The average Bonchev–Trinajstić information content (AvgIpc) is 1.84. The highest BCUT2D eigenvalue weighted by Crippen LogP contribution is 2.16. The Hall–Kier alpha value is -0.300. The van der Waals surface area contributed by atoms with Gasteiger partial charge < -0.3 is 5.32 Å². The van der Waals surface area contributed by atoms with E-state index in [4.69, 9.17) is 0 Å². The van der Waals surface area contributed by atoms with Crippen LogP contribution in [0.15, 0.2) is 11.6 Å². The maximum Gasteiger partial charge on any atom is 0.0162 e. The zero-order chi connectivity index (χ0) is 9.61. The second-order valence-electron chi connectivity index (χ2n) is 4.53. The maximum absolute atomic E-state index is 3.39. The predicted molar refractivity (Wildman–Crippen MR) is 56.4 cm³/mol. The van der Waals surface area contributed by atoms with Gasteiger partial charge in [-0.25, -0.2) is 0 Å². The van der Waals surface area contributed by atoms with Crippen molar-refractivity contribution in [2.75, 3.05) is 13.1 Å². The number of hydrogen-bond acceptors (Lipinski definition) is 1. The van der Waals surface area contributed by atoms with Crippen LogP contribution in [0, 0.1) is 5.41 Å². The summed E-state index contributed by atoms with van der Waals surface area (Å²) in [5, 5.41) is 3.39. The molecule has 0 atom stereocenters. The molecule has 0 radical (unpaired) electrons. The van der Waals surface area contributed by atoms with Gasteiger partial charge in [0.2, 0.25) is 0 Å². The summed E-state index contributed by atoms with van der Waals surface area (Å²) >= 11 is 0. The van der Waals surface area contributed by atoms with Gasteiger partial charge in [-0.3, -0.25) is 0 Å². The van der Waals surface area contributed by atoms with Crippen molar-refractivity contribution in [3.63, 3.8) is 0 Å². The molecule has 0 aliphatic carbocycles. The average molecular weight is 169 g/mol. The van der Waals surface area contributed by atoms with E-state index < -0.39 is 0 Å². The third-order valence-corrected chi connectivity index (χ3v) is 1.51. The van der Waals surface area contributed by atoms with Crippen LogP contribution in [-0.2, 0) is 0 Å².